The number of hydrogen-bond acceptors (Lipinski definition) is 6. The highest BCUT2D eigenvalue weighted by Crippen LogP contribution is 2.19. The molecule has 172 valence electrons. The number of anilines is 2. The highest BCUT2D eigenvalue weighted by Gasteiger charge is 2.11. The third-order valence-electron chi connectivity index (χ3n) is 4.69. The first-order chi connectivity index (χ1) is 16.4. The van der Waals surface area contributed by atoms with Crippen LogP contribution in [-0.2, 0) is 4.79 Å². The van der Waals surface area contributed by atoms with Gasteiger partial charge < -0.3 is 15.4 Å². The lowest BCUT2D eigenvalue weighted by Crippen LogP contribution is -2.34. The second-order valence-corrected chi connectivity index (χ2v) is 7.70. The predicted octanol–water partition coefficient (Wildman–Crippen LogP) is 3.90. The van der Waals surface area contributed by atoms with Crippen LogP contribution in [0.2, 0.25) is 0 Å². The lowest BCUT2D eigenvalue weighted by Gasteiger charge is -2.10. The molecule has 1 heterocycles. The number of ether oxygens (including phenoxy) is 1. The van der Waals surface area contributed by atoms with Crippen molar-refractivity contribution in [2.45, 2.75) is 13.8 Å². The number of aromatic nitrogens is 3. The minimum atomic E-state index is -0.339. The zero-order valence-electron chi connectivity index (χ0n) is 18.5. The number of carbonyl (C=O) groups is 2. The molecule has 0 aliphatic heterocycles. The molecule has 0 bridgehead atoms. The van der Waals surface area contributed by atoms with Gasteiger partial charge in [-0.25, -0.2) is 0 Å². The molecule has 0 saturated heterocycles. The third kappa shape index (κ3) is 5.54. The molecule has 1 aromatic heterocycles. The summed E-state index contributed by atoms with van der Waals surface area (Å²) in [6.07, 6.45) is 0. The number of benzene rings is 3. The van der Waals surface area contributed by atoms with Crippen LogP contribution >= 0.6 is 12.2 Å². The minimum Gasteiger partial charge on any atom is -0.494 e. The van der Waals surface area contributed by atoms with Crippen LogP contribution in [0, 0.1) is 0 Å². The largest absolute Gasteiger partial charge is 0.494 e. The Morgan fingerprint density at radius 3 is 2.41 bits per heavy atom. The molecular formula is C24H22N6O3S. The normalized spacial score (nSPS) is 10.5. The Kier molecular flexibility index (Phi) is 6.79. The van der Waals surface area contributed by atoms with Crippen LogP contribution < -0.4 is 20.7 Å². The first kappa shape index (κ1) is 22.9. The number of nitrogens with one attached hydrogen (secondary N) is 3. The number of carbonyl (C=O) groups excluding carboxylic acids is 2. The van der Waals surface area contributed by atoms with Crippen molar-refractivity contribution in [3.63, 3.8) is 0 Å². The Hall–Kier alpha value is -4.31. The van der Waals surface area contributed by atoms with E-state index in [0.717, 1.165) is 5.69 Å². The van der Waals surface area contributed by atoms with E-state index in [0.29, 0.717) is 40.3 Å². The van der Waals surface area contributed by atoms with Gasteiger partial charge in [0.05, 0.1) is 12.3 Å². The highest BCUT2D eigenvalue weighted by atomic mass is 32.1. The number of hydrogen-bond donors (Lipinski definition) is 3. The van der Waals surface area contributed by atoms with E-state index in [2.05, 4.69) is 26.1 Å². The standard InChI is InChI=1S/C24H22N6O3S/c1-3-33-20-6-4-5-16(13-20)23(32)27-24(34)26-18-9-12-21-22(14-18)29-30(28-21)19-10-7-17(8-11-19)25-15(2)31/h4-14H,3H2,1-2H3,(H,25,31)(H2,26,27,32,34). The highest BCUT2D eigenvalue weighted by molar-refractivity contribution is 7.80. The maximum Gasteiger partial charge on any atom is 0.257 e. The lowest BCUT2D eigenvalue weighted by molar-refractivity contribution is -0.114. The average Bonchev–Trinajstić information content (AvgIpc) is 3.23. The molecule has 0 saturated carbocycles. The van der Waals surface area contributed by atoms with Crippen LogP contribution in [0.4, 0.5) is 11.4 Å². The van der Waals surface area contributed by atoms with Gasteiger partial charge in [-0.3, -0.25) is 14.9 Å². The van der Waals surface area contributed by atoms with Gasteiger partial charge in [0, 0.05) is 23.9 Å². The number of thiocarbonyl (C=S) groups is 1. The van der Waals surface area contributed by atoms with Gasteiger partial charge >= 0.3 is 0 Å². The van der Waals surface area contributed by atoms with Crippen molar-refractivity contribution in [2.75, 3.05) is 17.2 Å². The van der Waals surface area contributed by atoms with Gasteiger partial charge in [0.2, 0.25) is 5.91 Å². The maximum absolute atomic E-state index is 12.5. The Morgan fingerprint density at radius 2 is 1.68 bits per heavy atom. The fraction of sp³-hybridized carbons (Fsp3) is 0.125. The summed E-state index contributed by atoms with van der Waals surface area (Å²) in [6.45, 7) is 3.85. The minimum absolute atomic E-state index is 0.135. The molecule has 0 aliphatic carbocycles. The molecule has 34 heavy (non-hydrogen) atoms. The van der Waals surface area contributed by atoms with Gasteiger partial charge in [-0.1, -0.05) is 6.07 Å². The van der Waals surface area contributed by atoms with Crippen molar-refractivity contribution in [3.05, 3.63) is 72.3 Å². The van der Waals surface area contributed by atoms with Crippen molar-refractivity contribution in [3.8, 4) is 11.4 Å². The molecule has 2 amide bonds. The zero-order chi connectivity index (χ0) is 24.1. The molecule has 3 aromatic carbocycles. The van der Waals surface area contributed by atoms with Crippen molar-refractivity contribution in [2.24, 2.45) is 0 Å². The molecular weight excluding hydrogens is 452 g/mol. The summed E-state index contributed by atoms with van der Waals surface area (Å²) in [5.74, 6) is 0.143. The van der Waals surface area contributed by atoms with E-state index in [1.807, 2.05) is 25.1 Å². The SMILES string of the molecule is CCOc1cccc(C(=O)NC(=S)Nc2ccc3nn(-c4ccc(NC(C)=O)cc4)nc3c2)c1. The van der Waals surface area contributed by atoms with E-state index in [4.69, 9.17) is 17.0 Å². The van der Waals surface area contributed by atoms with Gasteiger partial charge in [0.25, 0.3) is 5.91 Å². The summed E-state index contributed by atoms with van der Waals surface area (Å²) in [4.78, 5) is 25.2. The molecule has 10 heteroatoms. The second kappa shape index (κ2) is 10.1. The van der Waals surface area contributed by atoms with Crippen molar-refractivity contribution < 1.29 is 14.3 Å². The summed E-state index contributed by atoms with van der Waals surface area (Å²) < 4.78 is 5.43. The molecule has 0 aliphatic rings. The quantitative estimate of drug-likeness (QED) is 0.364. The van der Waals surface area contributed by atoms with E-state index < -0.39 is 0 Å². The van der Waals surface area contributed by atoms with E-state index >= 15 is 0 Å². The van der Waals surface area contributed by atoms with Crippen LogP contribution in [0.1, 0.15) is 24.2 Å². The summed E-state index contributed by atoms with van der Waals surface area (Å²) in [7, 11) is 0. The Morgan fingerprint density at radius 1 is 0.941 bits per heavy atom. The van der Waals surface area contributed by atoms with E-state index in [1.165, 1.54) is 11.7 Å². The van der Waals surface area contributed by atoms with Crippen LogP contribution in [0.15, 0.2) is 66.7 Å². The van der Waals surface area contributed by atoms with Crippen LogP contribution in [0.25, 0.3) is 16.7 Å². The van der Waals surface area contributed by atoms with Gasteiger partial charge in [-0.2, -0.15) is 4.80 Å². The molecule has 0 atom stereocenters. The molecule has 0 radical (unpaired) electrons. The van der Waals surface area contributed by atoms with Crippen LogP contribution in [0.3, 0.4) is 0 Å². The summed E-state index contributed by atoms with van der Waals surface area (Å²) >= 11 is 5.30. The number of fused-ring (bicyclic) bond motifs is 1. The molecule has 0 fully saturated rings. The zero-order valence-corrected chi connectivity index (χ0v) is 19.3. The molecule has 0 unspecified atom stereocenters. The van der Waals surface area contributed by atoms with Crippen LogP contribution in [0.5, 0.6) is 5.75 Å². The maximum atomic E-state index is 12.5. The van der Waals surface area contributed by atoms with Crippen molar-refractivity contribution in [1.29, 1.82) is 0 Å². The molecule has 4 rings (SSSR count). The summed E-state index contributed by atoms with van der Waals surface area (Å²) in [6, 6.07) is 19.5. The fourth-order valence-electron chi connectivity index (χ4n) is 3.22. The summed E-state index contributed by atoms with van der Waals surface area (Å²) in [5.41, 5.74) is 3.89. The second-order valence-electron chi connectivity index (χ2n) is 7.29. The predicted molar refractivity (Wildman–Crippen MR) is 134 cm³/mol. The number of amides is 2. The number of rotatable bonds is 6. The third-order valence-corrected chi connectivity index (χ3v) is 4.90. The van der Waals surface area contributed by atoms with E-state index in [1.54, 1.807) is 48.5 Å². The van der Waals surface area contributed by atoms with Gasteiger partial charge in [-0.05, 0) is 79.8 Å². The number of nitrogens with zero attached hydrogens (tertiary/aromatic N) is 3. The van der Waals surface area contributed by atoms with Crippen molar-refractivity contribution >= 4 is 51.6 Å². The smallest absolute Gasteiger partial charge is 0.257 e. The molecule has 0 spiro atoms. The fourth-order valence-corrected chi connectivity index (χ4v) is 3.43. The van der Waals surface area contributed by atoms with E-state index in [9.17, 15) is 9.59 Å². The van der Waals surface area contributed by atoms with Crippen molar-refractivity contribution in [1.82, 2.24) is 20.3 Å². The first-order valence-corrected chi connectivity index (χ1v) is 10.9. The first-order valence-electron chi connectivity index (χ1n) is 10.5. The topological polar surface area (TPSA) is 110 Å². The Balaban J connectivity index is 1.43. The summed E-state index contributed by atoms with van der Waals surface area (Å²) in [5, 5.41) is 17.5. The van der Waals surface area contributed by atoms with Gasteiger partial charge in [0.1, 0.15) is 16.8 Å². The molecule has 3 N–H and O–H groups in total. The Labute approximate surface area is 201 Å². The van der Waals surface area contributed by atoms with Crippen LogP contribution in [-0.4, -0.2) is 38.5 Å². The Bertz CT molecular complexity index is 1370. The monoisotopic (exact) mass is 474 g/mol. The van der Waals surface area contributed by atoms with Gasteiger partial charge in [0.15, 0.2) is 5.11 Å². The van der Waals surface area contributed by atoms with E-state index in [-0.39, 0.29) is 16.9 Å². The average molecular weight is 475 g/mol. The lowest BCUT2D eigenvalue weighted by atomic mass is 10.2. The molecule has 4 aromatic rings. The molecule has 9 nitrogen and oxygen atoms in total. The van der Waals surface area contributed by atoms with Gasteiger partial charge in [-0.15, -0.1) is 10.2 Å².